The lowest BCUT2D eigenvalue weighted by atomic mass is 9.78. The SMILES string of the molecule is C=C(CCC1(CC)CCNC1)C(/C=c1/cc(C2=C(c3cccc(C)n3)NC=CC=C2)ccc1=C)=C/C. The second-order valence-electron chi connectivity index (χ2n) is 10.0. The Hall–Kier alpha value is -3.43. The molecule has 1 saturated heterocycles. The Morgan fingerprint density at radius 2 is 2.06 bits per heavy atom. The van der Waals surface area contributed by atoms with E-state index in [9.17, 15) is 0 Å². The first-order chi connectivity index (χ1) is 17.4. The van der Waals surface area contributed by atoms with E-state index in [0.29, 0.717) is 5.41 Å². The van der Waals surface area contributed by atoms with Crippen LogP contribution in [-0.4, -0.2) is 18.1 Å². The summed E-state index contributed by atoms with van der Waals surface area (Å²) < 4.78 is 0. The fourth-order valence-corrected chi connectivity index (χ4v) is 5.14. The summed E-state index contributed by atoms with van der Waals surface area (Å²) in [5, 5.41) is 9.13. The molecule has 3 nitrogen and oxygen atoms in total. The Labute approximate surface area is 216 Å². The number of aromatic nitrogens is 1. The van der Waals surface area contributed by atoms with Crippen molar-refractivity contribution in [2.24, 2.45) is 5.41 Å². The number of pyridine rings is 1. The summed E-state index contributed by atoms with van der Waals surface area (Å²) in [5.74, 6) is 0. The number of hydrogen-bond donors (Lipinski definition) is 2. The topological polar surface area (TPSA) is 37.0 Å². The van der Waals surface area contributed by atoms with Gasteiger partial charge in [-0.25, -0.2) is 0 Å². The zero-order valence-electron chi connectivity index (χ0n) is 22.0. The Morgan fingerprint density at radius 3 is 2.78 bits per heavy atom. The lowest BCUT2D eigenvalue weighted by Gasteiger charge is -2.27. The minimum Gasteiger partial charge on any atom is -0.359 e. The van der Waals surface area contributed by atoms with Crippen molar-refractivity contribution in [1.82, 2.24) is 15.6 Å². The highest BCUT2D eigenvalue weighted by molar-refractivity contribution is 5.94. The second-order valence-corrected chi connectivity index (χ2v) is 10.0. The third-order valence-electron chi connectivity index (χ3n) is 7.64. The van der Waals surface area contributed by atoms with Crippen LogP contribution >= 0.6 is 0 Å². The Morgan fingerprint density at radius 1 is 1.19 bits per heavy atom. The molecule has 1 atom stereocenters. The van der Waals surface area contributed by atoms with Gasteiger partial charge in [0, 0.05) is 24.0 Å². The first-order valence-corrected chi connectivity index (χ1v) is 13.1. The van der Waals surface area contributed by atoms with Gasteiger partial charge in [-0.05, 0) is 109 Å². The standard InChI is InChI=1S/C33H39N3/c1-6-27(25(4)16-17-33(7-2)18-20-34-23-33)21-29-22-28(15-14-24(29)3)30-12-8-9-19-35-32(30)31-13-10-11-26(5)36-31/h6,8-15,19,21-22,34-35H,3-4,7,16-18,20,23H2,1-2,5H3/b27-6+,29-21-. The molecule has 2 aliphatic heterocycles. The van der Waals surface area contributed by atoms with Gasteiger partial charge in [-0.3, -0.25) is 4.98 Å². The van der Waals surface area contributed by atoms with Crippen molar-refractivity contribution in [2.75, 3.05) is 13.1 Å². The van der Waals surface area contributed by atoms with Crippen molar-refractivity contribution >= 4 is 23.9 Å². The van der Waals surface area contributed by atoms with Gasteiger partial charge in [-0.15, -0.1) is 0 Å². The second kappa shape index (κ2) is 11.5. The van der Waals surface area contributed by atoms with E-state index in [-0.39, 0.29) is 0 Å². The van der Waals surface area contributed by atoms with Crippen molar-refractivity contribution < 1.29 is 0 Å². The molecule has 186 valence electrons. The summed E-state index contributed by atoms with van der Waals surface area (Å²) in [4.78, 5) is 4.77. The van der Waals surface area contributed by atoms with Gasteiger partial charge in [0.15, 0.2) is 0 Å². The van der Waals surface area contributed by atoms with E-state index >= 15 is 0 Å². The van der Waals surface area contributed by atoms with Crippen molar-refractivity contribution in [3.63, 3.8) is 0 Å². The third kappa shape index (κ3) is 5.85. The van der Waals surface area contributed by atoms with E-state index in [2.05, 4.69) is 92.3 Å². The molecule has 3 heterocycles. The van der Waals surface area contributed by atoms with Crippen LogP contribution in [0.5, 0.6) is 0 Å². The van der Waals surface area contributed by atoms with Gasteiger partial charge < -0.3 is 10.6 Å². The largest absolute Gasteiger partial charge is 0.359 e. The molecular formula is C33H39N3. The molecule has 4 rings (SSSR count). The highest BCUT2D eigenvalue weighted by Gasteiger charge is 2.31. The summed E-state index contributed by atoms with van der Waals surface area (Å²) in [7, 11) is 0. The maximum absolute atomic E-state index is 4.77. The van der Waals surface area contributed by atoms with Gasteiger partial charge in [0.25, 0.3) is 0 Å². The monoisotopic (exact) mass is 477 g/mol. The molecular weight excluding hydrogens is 438 g/mol. The zero-order chi connectivity index (χ0) is 25.5. The average molecular weight is 478 g/mol. The minimum absolute atomic E-state index is 0.415. The Balaban J connectivity index is 1.68. The predicted octanol–water partition coefficient (Wildman–Crippen LogP) is 5.79. The molecule has 0 saturated carbocycles. The minimum atomic E-state index is 0.415. The summed E-state index contributed by atoms with van der Waals surface area (Å²) in [6.07, 6.45) is 17.3. The number of rotatable bonds is 8. The molecule has 1 aromatic heterocycles. The molecule has 0 amide bonds. The Bertz CT molecular complexity index is 1350. The van der Waals surface area contributed by atoms with E-state index in [0.717, 1.165) is 58.2 Å². The molecule has 2 aliphatic rings. The zero-order valence-corrected chi connectivity index (χ0v) is 22.0. The molecule has 0 spiro atoms. The maximum Gasteiger partial charge on any atom is 0.0873 e. The van der Waals surface area contributed by atoms with Crippen LogP contribution in [0.25, 0.3) is 23.9 Å². The molecule has 0 aliphatic carbocycles. The van der Waals surface area contributed by atoms with E-state index in [1.165, 1.54) is 30.4 Å². The lowest BCUT2D eigenvalue weighted by Crippen LogP contribution is -2.24. The van der Waals surface area contributed by atoms with Gasteiger partial charge in [-0.2, -0.15) is 0 Å². The molecule has 3 heteroatoms. The van der Waals surface area contributed by atoms with Gasteiger partial charge in [0.1, 0.15) is 0 Å². The van der Waals surface area contributed by atoms with Crippen LogP contribution in [0.4, 0.5) is 0 Å². The molecule has 1 fully saturated rings. The quantitative estimate of drug-likeness (QED) is 0.472. The average Bonchev–Trinajstić information content (AvgIpc) is 3.23. The van der Waals surface area contributed by atoms with Crippen molar-refractivity contribution in [3.8, 4) is 0 Å². The summed E-state index contributed by atoms with van der Waals surface area (Å²) >= 11 is 0. The number of hydrogen-bond acceptors (Lipinski definition) is 3. The van der Waals surface area contributed by atoms with Crippen LogP contribution in [0.1, 0.15) is 56.5 Å². The predicted molar refractivity (Wildman–Crippen MR) is 155 cm³/mol. The normalized spacial score (nSPS) is 20.5. The molecule has 1 aromatic carbocycles. The molecule has 0 bridgehead atoms. The van der Waals surface area contributed by atoms with Crippen LogP contribution in [0.3, 0.4) is 0 Å². The highest BCUT2D eigenvalue weighted by atomic mass is 14.9. The van der Waals surface area contributed by atoms with Crippen molar-refractivity contribution in [2.45, 2.75) is 46.5 Å². The van der Waals surface area contributed by atoms with Gasteiger partial charge in [0.2, 0.25) is 0 Å². The Kier molecular flexibility index (Phi) is 8.22. The first kappa shape index (κ1) is 25.7. The molecule has 1 unspecified atom stereocenters. The van der Waals surface area contributed by atoms with Crippen LogP contribution in [0.2, 0.25) is 0 Å². The third-order valence-corrected chi connectivity index (χ3v) is 7.64. The number of nitrogens with zero attached hydrogens (tertiary/aromatic N) is 1. The van der Waals surface area contributed by atoms with E-state index in [1.54, 1.807) is 0 Å². The van der Waals surface area contributed by atoms with Crippen LogP contribution in [-0.2, 0) is 0 Å². The van der Waals surface area contributed by atoms with Gasteiger partial charge >= 0.3 is 0 Å². The summed E-state index contributed by atoms with van der Waals surface area (Å²) in [6.45, 7) is 17.5. The smallest absolute Gasteiger partial charge is 0.0873 e. The summed E-state index contributed by atoms with van der Waals surface area (Å²) in [6, 6.07) is 12.6. The number of benzene rings is 1. The van der Waals surface area contributed by atoms with E-state index in [1.807, 2.05) is 25.3 Å². The van der Waals surface area contributed by atoms with Crippen LogP contribution in [0, 0.1) is 12.3 Å². The maximum atomic E-state index is 4.77. The highest BCUT2D eigenvalue weighted by Crippen LogP contribution is 2.36. The summed E-state index contributed by atoms with van der Waals surface area (Å²) in [5.41, 5.74) is 7.96. The molecule has 2 aromatic rings. The van der Waals surface area contributed by atoms with E-state index in [4.69, 9.17) is 4.98 Å². The number of nitrogens with one attached hydrogen (secondary N) is 2. The fraction of sp³-hybridized carbons (Fsp3) is 0.303. The van der Waals surface area contributed by atoms with E-state index < -0.39 is 0 Å². The van der Waals surface area contributed by atoms with Crippen molar-refractivity contribution in [3.05, 3.63) is 112 Å². The van der Waals surface area contributed by atoms with Crippen molar-refractivity contribution in [1.29, 1.82) is 0 Å². The van der Waals surface area contributed by atoms with Gasteiger partial charge in [-0.1, -0.05) is 56.5 Å². The lowest BCUT2D eigenvalue weighted by molar-refractivity contribution is 0.284. The number of allylic oxidation sites excluding steroid dienone is 7. The molecule has 2 N–H and O–H groups in total. The fourth-order valence-electron chi connectivity index (χ4n) is 5.14. The van der Waals surface area contributed by atoms with Gasteiger partial charge in [0.05, 0.1) is 11.4 Å². The molecule has 0 radical (unpaired) electrons. The number of aryl methyl sites for hydroxylation is 1. The molecule has 36 heavy (non-hydrogen) atoms. The van der Waals surface area contributed by atoms with Crippen LogP contribution in [0.15, 0.2) is 84.6 Å². The first-order valence-electron chi connectivity index (χ1n) is 13.1. The van der Waals surface area contributed by atoms with Crippen LogP contribution < -0.4 is 21.1 Å².